The summed E-state index contributed by atoms with van der Waals surface area (Å²) in [5.74, 6) is 0.487. The Labute approximate surface area is 106 Å². The second kappa shape index (κ2) is 6.98. The van der Waals surface area contributed by atoms with Gasteiger partial charge in [-0.05, 0) is 39.0 Å². The molecular formula is C14H26N2O. The predicted molar refractivity (Wildman–Crippen MR) is 69.7 cm³/mol. The van der Waals surface area contributed by atoms with Gasteiger partial charge in [-0.2, -0.15) is 5.26 Å². The average molecular weight is 238 g/mol. The molecule has 3 heteroatoms. The maximum absolute atomic E-state index is 9.45. The van der Waals surface area contributed by atoms with Crippen molar-refractivity contribution in [2.75, 3.05) is 13.2 Å². The number of nitriles is 1. The lowest BCUT2D eigenvalue weighted by atomic mass is 9.95. The molecule has 98 valence electrons. The number of rotatable bonds is 9. The van der Waals surface area contributed by atoms with Gasteiger partial charge in [0, 0.05) is 12.6 Å². The van der Waals surface area contributed by atoms with Gasteiger partial charge in [0.15, 0.2) is 0 Å². The lowest BCUT2D eigenvalue weighted by Gasteiger charge is -2.30. The zero-order valence-electron chi connectivity index (χ0n) is 11.5. The summed E-state index contributed by atoms with van der Waals surface area (Å²) in [6.45, 7) is 7.68. The lowest BCUT2D eigenvalue weighted by molar-refractivity contribution is 0.0747. The standard InChI is InChI=1S/C14H26N2O/c1-4-5-6-9-17-11-14(10-15,13-7-8-13)16-12(2)3/h12-13,16H,4-9,11H2,1-3H3. The van der Waals surface area contributed by atoms with Crippen molar-refractivity contribution in [3.63, 3.8) is 0 Å². The van der Waals surface area contributed by atoms with Gasteiger partial charge >= 0.3 is 0 Å². The minimum atomic E-state index is -0.444. The van der Waals surface area contributed by atoms with Crippen LogP contribution >= 0.6 is 0 Å². The van der Waals surface area contributed by atoms with E-state index >= 15 is 0 Å². The van der Waals surface area contributed by atoms with Gasteiger partial charge in [0.25, 0.3) is 0 Å². The fourth-order valence-corrected chi connectivity index (χ4v) is 2.21. The van der Waals surface area contributed by atoms with Crippen LogP contribution in [0.4, 0.5) is 0 Å². The SMILES string of the molecule is CCCCCOCC(C#N)(NC(C)C)C1CC1. The summed E-state index contributed by atoms with van der Waals surface area (Å²) < 4.78 is 5.71. The molecule has 0 radical (unpaired) electrons. The highest BCUT2D eigenvalue weighted by Gasteiger charge is 2.46. The Bertz CT molecular complexity index is 255. The smallest absolute Gasteiger partial charge is 0.133 e. The molecule has 0 aliphatic heterocycles. The fourth-order valence-electron chi connectivity index (χ4n) is 2.21. The third-order valence-corrected chi connectivity index (χ3v) is 3.24. The first kappa shape index (κ1) is 14.5. The number of unbranched alkanes of at least 4 members (excludes halogenated alkanes) is 2. The van der Waals surface area contributed by atoms with Crippen LogP contribution < -0.4 is 5.32 Å². The van der Waals surface area contributed by atoms with Crippen molar-refractivity contribution in [1.29, 1.82) is 5.26 Å². The third kappa shape index (κ3) is 4.65. The van der Waals surface area contributed by atoms with E-state index in [-0.39, 0.29) is 0 Å². The Morgan fingerprint density at radius 3 is 2.59 bits per heavy atom. The predicted octanol–water partition coefficient (Wildman–Crippen LogP) is 2.86. The first-order chi connectivity index (χ1) is 8.14. The molecule has 0 bridgehead atoms. The molecular weight excluding hydrogens is 212 g/mol. The molecule has 1 unspecified atom stereocenters. The van der Waals surface area contributed by atoms with Gasteiger partial charge in [-0.15, -0.1) is 0 Å². The highest BCUT2D eigenvalue weighted by atomic mass is 16.5. The van der Waals surface area contributed by atoms with Crippen molar-refractivity contribution in [3.05, 3.63) is 0 Å². The Kier molecular flexibility index (Phi) is 5.94. The number of hydrogen-bond acceptors (Lipinski definition) is 3. The van der Waals surface area contributed by atoms with Crippen LogP contribution in [0.1, 0.15) is 52.9 Å². The third-order valence-electron chi connectivity index (χ3n) is 3.24. The van der Waals surface area contributed by atoms with Crippen LogP contribution in [0.2, 0.25) is 0 Å². The normalized spacial score (nSPS) is 19.0. The van der Waals surface area contributed by atoms with Gasteiger partial charge in [0.05, 0.1) is 12.7 Å². The second-order valence-electron chi connectivity index (χ2n) is 5.42. The molecule has 0 spiro atoms. The quantitative estimate of drug-likeness (QED) is 0.628. The van der Waals surface area contributed by atoms with Crippen LogP contribution in [0.3, 0.4) is 0 Å². The van der Waals surface area contributed by atoms with Crippen LogP contribution in [0.25, 0.3) is 0 Å². The summed E-state index contributed by atoms with van der Waals surface area (Å²) in [6.07, 6.45) is 5.84. The molecule has 0 amide bonds. The lowest BCUT2D eigenvalue weighted by Crippen LogP contribution is -2.53. The van der Waals surface area contributed by atoms with Crippen molar-refractivity contribution in [2.24, 2.45) is 5.92 Å². The van der Waals surface area contributed by atoms with Crippen molar-refractivity contribution in [3.8, 4) is 6.07 Å². The van der Waals surface area contributed by atoms with Crippen LogP contribution in [0, 0.1) is 17.2 Å². The van der Waals surface area contributed by atoms with Crippen molar-refractivity contribution < 1.29 is 4.74 Å². The molecule has 0 aromatic carbocycles. The molecule has 1 aliphatic rings. The van der Waals surface area contributed by atoms with Crippen LogP contribution in [0.5, 0.6) is 0 Å². The van der Waals surface area contributed by atoms with E-state index in [4.69, 9.17) is 4.74 Å². The van der Waals surface area contributed by atoms with Gasteiger partial charge in [0.1, 0.15) is 5.54 Å². The summed E-state index contributed by atoms with van der Waals surface area (Å²) in [6, 6.07) is 2.79. The Balaban J connectivity index is 2.38. The minimum Gasteiger partial charge on any atom is -0.378 e. The zero-order chi connectivity index (χ0) is 12.7. The monoisotopic (exact) mass is 238 g/mol. The molecule has 0 aromatic heterocycles. The highest BCUT2D eigenvalue weighted by Crippen LogP contribution is 2.40. The summed E-state index contributed by atoms with van der Waals surface area (Å²) >= 11 is 0. The topological polar surface area (TPSA) is 45.0 Å². The van der Waals surface area contributed by atoms with E-state index in [0.717, 1.165) is 25.9 Å². The van der Waals surface area contributed by atoms with E-state index in [1.165, 1.54) is 12.8 Å². The maximum atomic E-state index is 9.45. The van der Waals surface area contributed by atoms with Gasteiger partial charge in [0.2, 0.25) is 0 Å². The minimum absolute atomic E-state index is 0.328. The molecule has 17 heavy (non-hydrogen) atoms. The maximum Gasteiger partial charge on any atom is 0.133 e. The Morgan fingerprint density at radius 2 is 2.12 bits per heavy atom. The van der Waals surface area contributed by atoms with E-state index in [0.29, 0.717) is 18.6 Å². The molecule has 0 aromatic rings. The van der Waals surface area contributed by atoms with Gasteiger partial charge in [-0.3, -0.25) is 5.32 Å². The molecule has 1 N–H and O–H groups in total. The van der Waals surface area contributed by atoms with Gasteiger partial charge in [-0.1, -0.05) is 19.8 Å². The van der Waals surface area contributed by atoms with Crippen molar-refractivity contribution in [1.82, 2.24) is 5.32 Å². The largest absolute Gasteiger partial charge is 0.378 e. The van der Waals surface area contributed by atoms with E-state index < -0.39 is 5.54 Å². The molecule has 0 heterocycles. The molecule has 1 aliphatic carbocycles. The first-order valence-corrected chi connectivity index (χ1v) is 6.91. The van der Waals surface area contributed by atoms with E-state index in [1.807, 2.05) is 0 Å². The number of nitrogens with zero attached hydrogens (tertiary/aromatic N) is 1. The van der Waals surface area contributed by atoms with Gasteiger partial charge < -0.3 is 4.74 Å². The molecule has 1 saturated carbocycles. The Morgan fingerprint density at radius 1 is 1.41 bits per heavy atom. The number of ether oxygens (including phenoxy) is 1. The van der Waals surface area contributed by atoms with E-state index in [1.54, 1.807) is 0 Å². The van der Waals surface area contributed by atoms with E-state index in [9.17, 15) is 5.26 Å². The van der Waals surface area contributed by atoms with Crippen LogP contribution in [-0.4, -0.2) is 24.8 Å². The fraction of sp³-hybridized carbons (Fsp3) is 0.929. The molecule has 1 atom stereocenters. The zero-order valence-corrected chi connectivity index (χ0v) is 11.5. The van der Waals surface area contributed by atoms with Crippen LogP contribution in [-0.2, 0) is 4.74 Å². The number of hydrogen-bond donors (Lipinski definition) is 1. The highest BCUT2D eigenvalue weighted by molar-refractivity contribution is 5.15. The summed E-state index contributed by atoms with van der Waals surface area (Å²) in [7, 11) is 0. The average Bonchev–Trinajstić information content (AvgIpc) is 3.11. The Hall–Kier alpha value is -0.590. The molecule has 0 saturated heterocycles. The molecule has 1 fully saturated rings. The van der Waals surface area contributed by atoms with Crippen LogP contribution in [0.15, 0.2) is 0 Å². The molecule has 1 rings (SSSR count). The van der Waals surface area contributed by atoms with E-state index in [2.05, 4.69) is 32.2 Å². The molecule has 3 nitrogen and oxygen atoms in total. The summed E-state index contributed by atoms with van der Waals surface area (Å²) in [4.78, 5) is 0. The number of nitrogens with one attached hydrogen (secondary N) is 1. The van der Waals surface area contributed by atoms with Gasteiger partial charge in [-0.25, -0.2) is 0 Å². The summed E-state index contributed by atoms with van der Waals surface area (Å²) in [5, 5.41) is 12.9. The second-order valence-corrected chi connectivity index (χ2v) is 5.42. The summed E-state index contributed by atoms with van der Waals surface area (Å²) in [5.41, 5.74) is -0.444. The van der Waals surface area contributed by atoms with Crippen molar-refractivity contribution in [2.45, 2.75) is 64.5 Å². The first-order valence-electron chi connectivity index (χ1n) is 6.91. The van der Waals surface area contributed by atoms with Crippen molar-refractivity contribution >= 4 is 0 Å².